The first-order valence-corrected chi connectivity index (χ1v) is 5.08. The molecular weight excluding hydrogens is 210 g/mol. The zero-order valence-electron chi connectivity index (χ0n) is 8.92. The highest BCUT2D eigenvalue weighted by Crippen LogP contribution is 2.24. The van der Waals surface area contributed by atoms with Gasteiger partial charge in [-0.2, -0.15) is 0 Å². The van der Waals surface area contributed by atoms with Crippen LogP contribution in [-0.2, 0) is 14.3 Å². The van der Waals surface area contributed by atoms with Crippen LogP contribution < -0.4 is 0 Å². The SMILES string of the molecule is CC1=C[C@@H](CO)O[C@H]1N1C=CC(=O)CC1=O. The molecule has 16 heavy (non-hydrogen) atoms. The van der Waals surface area contributed by atoms with E-state index in [-0.39, 0.29) is 30.8 Å². The smallest absolute Gasteiger partial charge is 0.236 e. The van der Waals surface area contributed by atoms with Gasteiger partial charge in [0, 0.05) is 6.20 Å². The normalized spacial score (nSPS) is 29.9. The first kappa shape index (κ1) is 11.0. The second-order valence-electron chi connectivity index (χ2n) is 3.88. The Morgan fingerprint density at radius 3 is 2.88 bits per heavy atom. The number of carbonyl (C=O) groups excluding carboxylic acids is 2. The quantitative estimate of drug-likeness (QED) is 0.527. The van der Waals surface area contributed by atoms with Crippen LogP contribution in [0, 0.1) is 0 Å². The van der Waals surface area contributed by atoms with Crippen molar-refractivity contribution in [2.75, 3.05) is 6.61 Å². The van der Waals surface area contributed by atoms with Crippen molar-refractivity contribution < 1.29 is 19.4 Å². The number of ketones is 1. The predicted octanol–water partition coefficient (Wildman–Crippen LogP) is -0.0350. The Morgan fingerprint density at radius 2 is 2.31 bits per heavy atom. The Hall–Kier alpha value is -1.46. The summed E-state index contributed by atoms with van der Waals surface area (Å²) in [6.45, 7) is 1.72. The molecule has 0 aliphatic carbocycles. The van der Waals surface area contributed by atoms with Crippen molar-refractivity contribution in [2.24, 2.45) is 0 Å². The van der Waals surface area contributed by atoms with E-state index in [4.69, 9.17) is 9.84 Å². The minimum Gasteiger partial charge on any atom is -0.393 e. The molecule has 2 aliphatic rings. The summed E-state index contributed by atoms with van der Waals surface area (Å²) in [6, 6.07) is 0. The number of aliphatic hydroxyl groups excluding tert-OH is 1. The lowest BCUT2D eigenvalue weighted by Gasteiger charge is -2.28. The van der Waals surface area contributed by atoms with Crippen LogP contribution in [0.4, 0.5) is 0 Å². The molecule has 2 heterocycles. The van der Waals surface area contributed by atoms with E-state index in [2.05, 4.69) is 0 Å². The van der Waals surface area contributed by atoms with Gasteiger partial charge in [0.15, 0.2) is 12.0 Å². The van der Waals surface area contributed by atoms with E-state index in [0.29, 0.717) is 0 Å². The Bertz CT molecular complexity index is 385. The molecule has 1 N–H and O–H groups in total. The highest BCUT2D eigenvalue weighted by molar-refractivity contribution is 6.06. The van der Waals surface area contributed by atoms with Gasteiger partial charge in [-0.05, 0) is 18.6 Å². The van der Waals surface area contributed by atoms with Crippen molar-refractivity contribution >= 4 is 11.7 Å². The zero-order chi connectivity index (χ0) is 11.7. The number of carbonyl (C=O) groups is 2. The van der Waals surface area contributed by atoms with Crippen LogP contribution in [0.2, 0.25) is 0 Å². The minimum absolute atomic E-state index is 0.113. The first-order valence-electron chi connectivity index (χ1n) is 5.08. The van der Waals surface area contributed by atoms with Crippen molar-refractivity contribution in [1.29, 1.82) is 0 Å². The number of amides is 1. The molecule has 0 aromatic carbocycles. The Labute approximate surface area is 93.0 Å². The van der Waals surface area contributed by atoms with Gasteiger partial charge in [0.05, 0.1) is 13.0 Å². The summed E-state index contributed by atoms with van der Waals surface area (Å²) >= 11 is 0. The van der Waals surface area contributed by atoms with Crippen molar-refractivity contribution in [1.82, 2.24) is 4.90 Å². The summed E-state index contributed by atoms with van der Waals surface area (Å²) in [5, 5.41) is 8.96. The maximum absolute atomic E-state index is 11.6. The Kier molecular flexibility index (Phi) is 2.89. The number of hydrogen-bond acceptors (Lipinski definition) is 4. The van der Waals surface area contributed by atoms with Gasteiger partial charge in [0.2, 0.25) is 5.91 Å². The molecule has 0 fully saturated rings. The van der Waals surface area contributed by atoms with E-state index >= 15 is 0 Å². The summed E-state index contributed by atoms with van der Waals surface area (Å²) in [6.07, 6.45) is 3.61. The molecule has 5 nitrogen and oxygen atoms in total. The average molecular weight is 223 g/mol. The molecule has 0 aromatic heterocycles. The Morgan fingerprint density at radius 1 is 1.56 bits per heavy atom. The molecule has 5 heteroatoms. The monoisotopic (exact) mass is 223 g/mol. The maximum Gasteiger partial charge on any atom is 0.236 e. The van der Waals surface area contributed by atoms with Gasteiger partial charge in [-0.3, -0.25) is 14.5 Å². The zero-order valence-corrected chi connectivity index (χ0v) is 8.92. The van der Waals surface area contributed by atoms with Crippen molar-refractivity contribution in [3.63, 3.8) is 0 Å². The van der Waals surface area contributed by atoms with E-state index in [1.165, 1.54) is 17.2 Å². The standard InChI is InChI=1S/C11H13NO4/c1-7-4-9(6-13)16-11(7)12-3-2-8(14)5-10(12)15/h2-4,9,11,13H,5-6H2,1H3/t9-,11+/m0/s1. The molecule has 1 amide bonds. The fourth-order valence-corrected chi connectivity index (χ4v) is 1.82. The second-order valence-corrected chi connectivity index (χ2v) is 3.88. The highest BCUT2D eigenvalue weighted by atomic mass is 16.5. The first-order chi connectivity index (χ1) is 7.61. The van der Waals surface area contributed by atoms with E-state index in [1.807, 2.05) is 6.92 Å². The van der Waals surface area contributed by atoms with Crippen LogP contribution in [-0.4, -0.2) is 40.6 Å². The molecular formula is C11H13NO4. The minimum atomic E-state index is -0.492. The molecule has 0 aromatic rings. The fraction of sp³-hybridized carbons (Fsp3) is 0.455. The van der Waals surface area contributed by atoms with Crippen LogP contribution in [0.5, 0.6) is 0 Å². The third-order valence-corrected chi connectivity index (χ3v) is 2.61. The largest absolute Gasteiger partial charge is 0.393 e. The number of rotatable bonds is 2. The van der Waals surface area contributed by atoms with Crippen LogP contribution in [0.3, 0.4) is 0 Å². The summed E-state index contributed by atoms with van der Waals surface area (Å²) < 4.78 is 5.47. The van der Waals surface area contributed by atoms with Crippen LogP contribution >= 0.6 is 0 Å². The summed E-state index contributed by atoms with van der Waals surface area (Å²) in [7, 11) is 0. The van der Waals surface area contributed by atoms with Gasteiger partial charge >= 0.3 is 0 Å². The number of allylic oxidation sites excluding steroid dienone is 1. The summed E-state index contributed by atoms with van der Waals surface area (Å²) in [5.74, 6) is -0.469. The Balaban J connectivity index is 2.15. The summed E-state index contributed by atoms with van der Waals surface area (Å²) in [5.41, 5.74) is 0.867. The third kappa shape index (κ3) is 1.91. The lowest BCUT2D eigenvalue weighted by atomic mass is 10.1. The molecule has 86 valence electrons. The fourth-order valence-electron chi connectivity index (χ4n) is 1.82. The molecule has 0 unspecified atom stereocenters. The number of aliphatic hydroxyl groups is 1. The van der Waals surface area contributed by atoms with Crippen LogP contribution in [0.25, 0.3) is 0 Å². The molecule has 0 saturated heterocycles. The van der Waals surface area contributed by atoms with E-state index < -0.39 is 6.23 Å². The molecule has 0 spiro atoms. The number of ether oxygens (including phenoxy) is 1. The van der Waals surface area contributed by atoms with E-state index in [0.717, 1.165) is 5.57 Å². The van der Waals surface area contributed by atoms with Crippen molar-refractivity contribution in [3.05, 3.63) is 23.9 Å². The van der Waals surface area contributed by atoms with Gasteiger partial charge in [-0.15, -0.1) is 0 Å². The van der Waals surface area contributed by atoms with E-state index in [1.54, 1.807) is 6.08 Å². The topological polar surface area (TPSA) is 66.8 Å². The van der Waals surface area contributed by atoms with Gasteiger partial charge in [0.1, 0.15) is 6.10 Å². The van der Waals surface area contributed by atoms with Crippen LogP contribution in [0.1, 0.15) is 13.3 Å². The van der Waals surface area contributed by atoms with Gasteiger partial charge < -0.3 is 9.84 Å². The predicted molar refractivity (Wildman–Crippen MR) is 55.1 cm³/mol. The molecule has 2 atom stereocenters. The average Bonchev–Trinajstić information content (AvgIpc) is 2.60. The lowest BCUT2D eigenvalue weighted by molar-refractivity contribution is -0.142. The molecule has 0 saturated carbocycles. The van der Waals surface area contributed by atoms with E-state index in [9.17, 15) is 9.59 Å². The third-order valence-electron chi connectivity index (χ3n) is 2.61. The maximum atomic E-state index is 11.6. The van der Waals surface area contributed by atoms with Gasteiger partial charge in [-0.25, -0.2) is 0 Å². The number of hydrogen-bond donors (Lipinski definition) is 1. The van der Waals surface area contributed by atoms with Crippen molar-refractivity contribution in [3.8, 4) is 0 Å². The second kappa shape index (κ2) is 4.19. The summed E-state index contributed by atoms with van der Waals surface area (Å²) in [4.78, 5) is 24.0. The van der Waals surface area contributed by atoms with Crippen LogP contribution in [0.15, 0.2) is 23.9 Å². The highest BCUT2D eigenvalue weighted by Gasteiger charge is 2.33. The van der Waals surface area contributed by atoms with Gasteiger partial charge in [-0.1, -0.05) is 6.08 Å². The molecule has 0 bridgehead atoms. The molecule has 2 rings (SSSR count). The van der Waals surface area contributed by atoms with Gasteiger partial charge in [0.25, 0.3) is 0 Å². The molecule has 0 radical (unpaired) electrons. The lowest BCUT2D eigenvalue weighted by Crippen LogP contribution is -2.41. The number of nitrogens with zero attached hydrogens (tertiary/aromatic N) is 1. The van der Waals surface area contributed by atoms with Crippen molar-refractivity contribution in [2.45, 2.75) is 25.7 Å². The molecule has 2 aliphatic heterocycles.